The number of aromatic nitrogens is 6. The van der Waals surface area contributed by atoms with Crippen LogP contribution in [0.5, 0.6) is 0 Å². The van der Waals surface area contributed by atoms with Crippen molar-refractivity contribution in [1.82, 2.24) is 29.1 Å². The fourth-order valence-corrected chi connectivity index (χ4v) is 9.57. The smallest absolute Gasteiger partial charge is 0.159 e. The Hall–Kier alpha value is -8.74. The maximum atomic E-state index is 4.83. The summed E-state index contributed by atoms with van der Waals surface area (Å²) in [4.78, 5) is 19.0. The van der Waals surface area contributed by atoms with E-state index in [1.54, 1.807) is 0 Å². The minimum atomic E-state index is 0.725. The van der Waals surface area contributed by atoms with Crippen LogP contribution in [0.2, 0.25) is 0 Å². The summed E-state index contributed by atoms with van der Waals surface area (Å²) in [7, 11) is 0. The first-order valence-electron chi connectivity index (χ1n) is 21.5. The molecule has 0 bridgehead atoms. The lowest BCUT2D eigenvalue weighted by Crippen LogP contribution is -1.95. The minimum Gasteiger partial charge on any atom is -0.309 e. The molecule has 0 saturated carbocycles. The van der Waals surface area contributed by atoms with Crippen molar-refractivity contribution in [2.24, 2.45) is 0 Å². The Morgan fingerprint density at radius 3 is 1.17 bits per heavy atom. The summed E-state index contributed by atoms with van der Waals surface area (Å²) >= 11 is 0. The summed E-state index contributed by atoms with van der Waals surface area (Å²) in [5.41, 5.74) is 15.3. The van der Waals surface area contributed by atoms with Crippen molar-refractivity contribution in [3.05, 3.63) is 219 Å². The first kappa shape index (κ1) is 36.0. The van der Waals surface area contributed by atoms with Gasteiger partial charge in [0.1, 0.15) is 0 Å². The van der Waals surface area contributed by atoms with Gasteiger partial charge in [-0.1, -0.05) is 146 Å². The molecular formula is C58H36N6. The lowest BCUT2D eigenvalue weighted by atomic mass is 10.0. The lowest BCUT2D eigenvalue weighted by Gasteiger charge is -2.12. The molecule has 4 heterocycles. The third-order valence-electron chi connectivity index (χ3n) is 12.6. The highest BCUT2D eigenvalue weighted by Crippen LogP contribution is 2.43. The second kappa shape index (κ2) is 14.4. The summed E-state index contributed by atoms with van der Waals surface area (Å²) in [5, 5.41) is 7.01. The monoisotopic (exact) mass is 816 g/mol. The van der Waals surface area contributed by atoms with Crippen molar-refractivity contribution in [3.8, 4) is 56.4 Å². The van der Waals surface area contributed by atoms with E-state index in [-0.39, 0.29) is 0 Å². The maximum absolute atomic E-state index is 4.83. The van der Waals surface area contributed by atoms with E-state index in [9.17, 15) is 0 Å². The van der Waals surface area contributed by atoms with E-state index in [1.807, 2.05) is 60.9 Å². The third-order valence-corrected chi connectivity index (χ3v) is 12.6. The predicted molar refractivity (Wildman–Crippen MR) is 263 cm³/mol. The second-order valence-corrected chi connectivity index (χ2v) is 16.3. The van der Waals surface area contributed by atoms with Gasteiger partial charge in [0.05, 0.1) is 33.1 Å². The molecule has 0 fully saturated rings. The fourth-order valence-electron chi connectivity index (χ4n) is 9.57. The molecule has 13 rings (SSSR count). The molecule has 0 spiro atoms. The molecule has 6 nitrogen and oxygen atoms in total. The van der Waals surface area contributed by atoms with Gasteiger partial charge < -0.3 is 9.13 Å². The van der Waals surface area contributed by atoms with Crippen LogP contribution in [0.3, 0.4) is 0 Å². The van der Waals surface area contributed by atoms with E-state index in [0.29, 0.717) is 0 Å². The Bertz CT molecular complexity index is 3700. The van der Waals surface area contributed by atoms with Crippen molar-refractivity contribution < 1.29 is 0 Å². The Morgan fingerprint density at radius 2 is 0.703 bits per heavy atom. The Morgan fingerprint density at radius 1 is 0.297 bits per heavy atom. The van der Waals surface area contributed by atoms with Gasteiger partial charge in [0.2, 0.25) is 0 Å². The van der Waals surface area contributed by atoms with Gasteiger partial charge >= 0.3 is 0 Å². The largest absolute Gasteiger partial charge is 0.309 e. The molecule has 0 atom stereocenters. The van der Waals surface area contributed by atoms with Crippen LogP contribution < -0.4 is 0 Å². The van der Waals surface area contributed by atoms with Gasteiger partial charge in [-0.25, -0.2) is 19.9 Å². The summed E-state index contributed by atoms with van der Waals surface area (Å²) in [5.74, 6) is 1.45. The zero-order valence-corrected chi connectivity index (χ0v) is 34.5. The summed E-state index contributed by atoms with van der Waals surface area (Å²) in [6, 6.07) is 73.3. The van der Waals surface area contributed by atoms with Gasteiger partial charge in [-0.3, -0.25) is 0 Å². The SMILES string of the molecule is c1cc(-c2ccc(-c3ncc4ccccc4n3)cc2)cc(-n2c3ccccc3c3c4c5ccccc5n(-c5cccc(-c6ccc(-c7ncc8ccccc8n7)cc6)c5)c4ccc32)c1. The van der Waals surface area contributed by atoms with E-state index in [1.165, 1.54) is 43.6 Å². The zero-order chi connectivity index (χ0) is 42.1. The third kappa shape index (κ3) is 5.81. The molecule has 0 aliphatic carbocycles. The van der Waals surface area contributed by atoms with Gasteiger partial charge in [-0.2, -0.15) is 0 Å². The van der Waals surface area contributed by atoms with Crippen LogP contribution in [0.4, 0.5) is 0 Å². The Balaban J connectivity index is 0.903. The molecule has 13 aromatic rings. The quantitative estimate of drug-likeness (QED) is 0.168. The number of benzene rings is 9. The van der Waals surface area contributed by atoms with Crippen molar-refractivity contribution in [2.45, 2.75) is 0 Å². The highest BCUT2D eigenvalue weighted by Gasteiger charge is 2.21. The van der Waals surface area contributed by atoms with Gasteiger partial charge in [0, 0.05) is 67.2 Å². The average Bonchev–Trinajstić information content (AvgIpc) is 3.89. The van der Waals surface area contributed by atoms with Crippen LogP contribution in [0.1, 0.15) is 0 Å². The second-order valence-electron chi connectivity index (χ2n) is 16.3. The molecule has 0 radical (unpaired) electrons. The first-order chi connectivity index (χ1) is 31.7. The molecule has 0 aliphatic heterocycles. The zero-order valence-electron chi connectivity index (χ0n) is 34.5. The summed E-state index contributed by atoms with van der Waals surface area (Å²) in [6.07, 6.45) is 3.79. The first-order valence-corrected chi connectivity index (χ1v) is 21.5. The normalized spacial score (nSPS) is 11.8. The molecule has 64 heavy (non-hydrogen) atoms. The molecule has 4 aromatic heterocycles. The van der Waals surface area contributed by atoms with Crippen LogP contribution in [-0.2, 0) is 0 Å². The van der Waals surface area contributed by atoms with Crippen LogP contribution >= 0.6 is 0 Å². The molecule has 0 amide bonds. The molecule has 9 aromatic carbocycles. The Labute approximate surface area is 368 Å². The Kier molecular flexibility index (Phi) is 8.11. The number of hydrogen-bond acceptors (Lipinski definition) is 4. The van der Waals surface area contributed by atoms with Crippen LogP contribution in [0, 0.1) is 0 Å². The van der Waals surface area contributed by atoms with E-state index < -0.39 is 0 Å². The average molecular weight is 817 g/mol. The van der Waals surface area contributed by atoms with Crippen LogP contribution in [0.15, 0.2) is 219 Å². The molecule has 6 heteroatoms. The number of hydrogen-bond donors (Lipinski definition) is 0. The lowest BCUT2D eigenvalue weighted by molar-refractivity contribution is 1.17. The fraction of sp³-hybridized carbons (Fsp3) is 0. The van der Waals surface area contributed by atoms with Crippen LogP contribution in [-0.4, -0.2) is 29.1 Å². The maximum Gasteiger partial charge on any atom is 0.159 e. The summed E-state index contributed by atoms with van der Waals surface area (Å²) < 4.78 is 4.84. The molecule has 0 unspecified atom stereocenters. The standard InChI is InChI=1S/C58H36N6/c1-5-19-49-43(11-1)35-59-57(61-49)39-27-23-37(24-28-39)41-13-9-15-45(33-41)63-51-21-7-3-17-47(51)55-53(63)31-32-54-56(55)48-18-4-8-22-52(48)64(54)46-16-10-14-42(34-46)38-25-29-40(30-26-38)58-60-36-44-12-2-6-20-50(44)62-58/h1-36H. The van der Waals surface area contributed by atoms with Gasteiger partial charge in [-0.15, -0.1) is 0 Å². The molecule has 0 N–H and O–H groups in total. The van der Waals surface area contributed by atoms with Crippen molar-refractivity contribution in [2.75, 3.05) is 0 Å². The minimum absolute atomic E-state index is 0.725. The molecule has 0 aliphatic rings. The van der Waals surface area contributed by atoms with E-state index in [4.69, 9.17) is 9.97 Å². The number of nitrogens with zero attached hydrogens (tertiary/aromatic N) is 6. The highest BCUT2D eigenvalue weighted by molar-refractivity contribution is 6.29. The van der Waals surface area contributed by atoms with Crippen molar-refractivity contribution >= 4 is 65.4 Å². The van der Waals surface area contributed by atoms with Gasteiger partial charge in [0.15, 0.2) is 11.6 Å². The molecule has 298 valence electrons. The molecular weight excluding hydrogens is 781 g/mol. The number of rotatable bonds is 6. The van der Waals surface area contributed by atoms with Gasteiger partial charge in [0.25, 0.3) is 0 Å². The highest BCUT2D eigenvalue weighted by atomic mass is 15.0. The predicted octanol–water partition coefficient (Wildman–Crippen LogP) is 14.4. The van der Waals surface area contributed by atoms with E-state index in [0.717, 1.165) is 78.2 Å². The van der Waals surface area contributed by atoms with Crippen LogP contribution in [0.25, 0.3) is 122 Å². The van der Waals surface area contributed by atoms with E-state index >= 15 is 0 Å². The summed E-state index contributed by atoms with van der Waals surface area (Å²) in [6.45, 7) is 0. The van der Waals surface area contributed by atoms with Crippen molar-refractivity contribution in [1.29, 1.82) is 0 Å². The number of fused-ring (bicyclic) bond motifs is 9. The molecule has 0 saturated heterocycles. The van der Waals surface area contributed by atoms with Gasteiger partial charge in [-0.05, 0) is 82.9 Å². The van der Waals surface area contributed by atoms with E-state index in [2.05, 4.69) is 177 Å². The topological polar surface area (TPSA) is 61.4 Å². The van der Waals surface area contributed by atoms with Crippen molar-refractivity contribution in [3.63, 3.8) is 0 Å². The number of para-hydroxylation sites is 4.